The molecule has 1 aliphatic rings. The molecule has 1 aromatic rings. The Hall–Kier alpha value is -1.57. The van der Waals surface area contributed by atoms with Crippen molar-refractivity contribution in [1.29, 1.82) is 0 Å². The van der Waals surface area contributed by atoms with Crippen LogP contribution in [-0.2, 0) is 4.79 Å². The van der Waals surface area contributed by atoms with Gasteiger partial charge in [0.25, 0.3) is 0 Å². The van der Waals surface area contributed by atoms with Crippen molar-refractivity contribution >= 4 is 11.9 Å². The van der Waals surface area contributed by atoms with E-state index in [4.69, 9.17) is 4.42 Å². The molecule has 0 aromatic carbocycles. The van der Waals surface area contributed by atoms with Crippen molar-refractivity contribution in [2.45, 2.75) is 12.8 Å². The molecule has 1 aliphatic carbocycles. The summed E-state index contributed by atoms with van der Waals surface area (Å²) >= 11 is 0. The van der Waals surface area contributed by atoms with Crippen LogP contribution in [0.1, 0.15) is 18.6 Å². The van der Waals surface area contributed by atoms with Crippen molar-refractivity contribution in [3.05, 3.63) is 42.4 Å². The summed E-state index contributed by atoms with van der Waals surface area (Å²) in [6, 6.07) is 3.70. The van der Waals surface area contributed by atoms with Gasteiger partial charge in [-0.15, -0.1) is 0 Å². The number of rotatable bonds is 4. The van der Waals surface area contributed by atoms with Gasteiger partial charge in [0.1, 0.15) is 5.76 Å². The summed E-state index contributed by atoms with van der Waals surface area (Å²) in [6.45, 7) is 0. The van der Waals surface area contributed by atoms with E-state index in [-0.39, 0.29) is 5.78 Å². The van der Waals surface area contributed by atoms with Crippen LogP contribution in [0, 0.1) is 5.92 Å². The number of hydrogen-bond donors (Lipinski definition) is 0. The zero-order valence-corrected chi connectivity index (χ0v) is 7.85. The Morgan fingerprint density at radius 3 is 2.93 bits per heavy atom. The first-order valence-corrected chi connectivity index (χ1v) is 4.78. The minimum absolute atomic E-state index is 0.245. The summed E-state index contributed by atoms with van der Waals surface area (Å²) in [6.07, 6.45) is 10.8. The highest BCUT2D eigenvalue weighted by atomic mass is 16.3. The predicted octanol–water partition coefficient (Wildman–Crippen LogP) is 2.83. The molecule has 2 heteroatoms. The molecule has 0 bridgehead atoms. The van der Waals surface area contributed by atoms with E-state index in [1.54, 1.807) is 18.4 Å². The zero-order chi connectivity index (χ0) is 9.80. The van der Waals surface area contributed by atoms with Gasteiger partial charge in [-0.3, -0.25) is 4.79 Å². The van der Waals surface area contributed by atoms with E-state index < -0.39 is 0 Å². The first kappa shape index (κ1) is 9.00. The SMILES string of the molecule is O=C(/C=C/C=C/c1ccco1)C1CC1. The third-order valence-corrected chi connectivity index (χ3v) is 2.15. The highest BCUT2D eigenvalue weighted by molar-refractivity contribution is 5.93. The van der Waals surface area contributed by atoms with Crippen molar-refractivity contribution in [3.8, 4) is 0 Å². The minimum atomic E-state index is 0.245. The number of furan rings is 1. The van der Waals surface area contributed by atoms with E-state index in [1.165, 1.54) is 0 Å². The first-order chi connectivity index (χ1) is 6.86. The fraction of sp³-hybridized carbons (Fsp3) is 0.250. The molecule has 1 heterocycles. The lowest BCUT2D eigenvalue weighted by Crippen LogP contribution is -1.92. The number of hydrogen-bond acceptors (Lipinski definition) is 2. The molecule has 14 heavy (non-hydrogen) atoms. The summed E-state index contributed by atoms with van der Waals surface area (Å²) < 4.78 is 5.09. The lowest BCUT2D eigenvalue weighted by atomic mass is 10.2. The fourth-order valence-corrected chi connectivity index (χ4v) is 1.19. The Labute approximate surface area is 82.9 Å². The Morgan fingerprint density at radius 2 is 2.29 bits per heavy atom. The van der Waals surface area contributed by atoms with Crippen LogP contribution in [0.5, 0.6) is 0 Å². The van der Waals surface area contributed by atoms with Crippen LogP contribution in [0.4, 0.5) is 0 Å². The largest absolute Gasteiger partial charge is 0.465 e. The Balaban J connectivity index is 1.83. The molecule has 1 aromatic heterocycles. The predicted molar refractivity (Wildman–Crippen MR) is 54.6 cm³/mol. The molecule has 0 unspecified atom stereocenters. The number of allylic oxidation sites excluding steroid dienone is 3. The third kappa shape index (κ3) is 2.46. The van der Waals surface area contributed by atoms with Crippen LogP contribution in [0.25, 0.3) is 6.08 Å². The molecule has 0 spiro atoms. The molecule has 1 saturated carbocycles. The fourth-order valence-electron chi connectivity index (χ4n) is 1.19. The van der Waals surface area contributed by atoms with Crippen LogP contribution < -0.4 is 0 Å². The normalized spacial score (nSPS) is 16.9. The second-order valence-corrected chi connectivity index (χ2v) is 3.41. The Morgan fingerprint density at radius 1 is 1.43 bits per heavy atom. The average molecular weight is 188 g/mol. The van der Waals surface area contributed by atoms with Gasteiger partial charge in [0.05, 0.1) is 6.26 Å². The molecular weight excluding hydrogens is 176 g/mol. The van der Waals surface area contributed by atoms with Gasteiger partial charge < -0.3 is 4.42 Å². The monoisotopic (exact) mass is 188 g/mol. The molecular formula is C12H12O2. The second kappa shape index (κ2) is 4.09. The van der Waals surface area contributed by atoms with Crippen molar-refractivity contribution < 1.29 is 9.21 Å². The zero-order valence-electron chi connectivity index (χ0n) is 7.85. The van der Waals surface area contributed by atoms with E-state index in [9.17, 15) is 4.79 Å². The summed E-state index contributed by atoms with van der Waals surface area (Å²) in [7, 11) is 0. The molecule has 0 saturated heterocycles. The van der Waals surface area contributed by atoms with Gasteiger partial charge in [-0.05, 0) is 37.1 Å². The van der Waals surface area contributed by atoms with Gasteiger partial charge >= 0.3 is 0 Å². The van der Waals surface area contributed by atoms with E-state index in [2.05, 4.69) is 0 Å². The van der Waals surface area contributed by atoms with Crippen molar-refractivity contribution in [3.63, 3.8) is 0 Å². The van der Waals surface area contributed by atoms with Crippen LogP contribution in [0.2, 0.25) is 0 Å². The van der Waals surface area contributed by atoms with Gasteiger partial charge in [-0.25, -0.2) is 0 Å². The van der Waals surface area contributed by atoms with Crippen LogP contribution >= 0.6 is 0 Å². The maximum absolute atomic E-state index is 11.2. The summed E-state index contributed by atoms with van der Waals surface area (Å²) in [4.78, 5) is 11.2. The van der Waals surface area contributed by atoms with E-state index in [1.807, 2.05) is 24.3 Å². The molecule has 0 aliphatic heterocycles. The van der Waals surface area contributed by atoms with Gasteiger partial charge in [-0.2, -0.15) is 0 Å². The van der Waals surface area contributed by atoms with Crippen molar-refractivity contribution in [2.75, 3.05) is 0 Å². The first-order valence-electron chi connectivity index (χ1n) is 4.78. The molecule has 2 nitrogen and oxygen atoms in total. The molecule has 0 atom stereocenters. The highest BCUT2D eigenvalue weighted by Crippen LogP contribution is 2.29. The molecule has 1 fully saturated rings. The summed E-state index contributed by atoms with van der Waals surface area (Å²) in [5, 5.41) is 0. The van der Waals surface area contributed by atoms with E-state index in [0.29, 0.717) is 5.92 Å². The molecule has 0 radical (unpaired) electrons. The van der Waals surface area contributed by atoms with Gasteiger partial charge in [0, 0.05) is 5.92 Å². The smallest absolute Gasteiger partial charge is 0.158 e. The van der Waals surface area contributed by atoms with Crippen molar-refractivity contribution in [2.24, 2.45) is 5.92 Å². The molecule has 0 amide bonds. The minimum Gasteiger partial charge on any atom is -0.465 e. The maximum Gasteiger partial charge on any atom is 0.158 e. The topological polar surface area (TPSA) is 30.2 Å². The van der Waals surface area contributed by atoms with Crippen LogP contribution in [0.3, 0.4) is 0 Å². The number of carbonyl (C=O) groups is 1. The van der Waals surface area contributed by atoms with Gasteiger partial charge in [0.2, 0.25) is 0 Å². The molecule has 2 rings (SSSR count). The standard InChI is InChI=1S/C12H12O2/c13-12(10-7-8-10)6-2-1-4-11-5-3-9-14-11/h1-6,9-10H,7-8H2/b4-1+,6-2+. The lowest BCUT2D eigenvalue weighted by Gasteiger charge is -1.84. The maximum atomic E-state index is 11.2. The van der Waals surface area contributed by atoms with E-state index in [0.717, 1.165) is 18.6 Å². The van der Waals surface area contributed by atoms with Crippen LogP contribution in [0.15, 0.2) is 41.0 Å². The summed E-state index contributed by atoms with van der Waals surface area (Å²) in [5.74, 6) is 1.35. The van der Waals surface area contributed by atoms with Crippen LogP contribution in [-0.4, -0.2) is 5.78 Å². The lowest BCUT2D eigenvalue weighted by molar-refractivity contribution is -0.115. The van der Waals surface area contributed by atoms with E-state index >= 15 is 0 Å². The van der Waals surface area contributed by atoms with Gasteiger partial charge in [-0.1, -0.05) is 12.2 Å². The Bertz CT molecular complexity index is 354. The average Bonchev–Trinajstić information content (AvgIpc) is 2.92. The Kier molecular flexibility index (Phi) is 2.63. The highest BCUT2D eigenvalue weighted by Gasteiger charge is 2.27. The molecule has 72 valence electrons. The number of carbonyl (C=O) groups excluding carboxylic acids is 1. The number of ketones is 1. The van der Waals surface area contributed by atoms with Gasteiger partial charge in [0.15, 0.2) is 5.78 Å². The van der Waals surface area contributed by atoms with Crippen molar-refractivity contribution in [1.82, 2.24) is 0 Å². The third-order valence-electron chi connectivity index (χ3n) is 2.15. The quantitative estimate of drug-likeness (QED) is 0.537. The molecule has 0 N–H and O–H groups in total. The second-order valence-electron chi connectivity index (χ2n) is 3.41. The summed E-state index contributed by atoms with van der Waals surface area (Å²) in [5.41, 5.74) is 0.